The Balaban J connectivity index is 1.24. The molecule has 35 heavy (non-hydrogen) atoms. The minimum absolute atomic E-state index is 0.191. The van der Waals surface area contributed by atoms with E-state index in [1.54, 1.807) is 0 Å². The third-order valence-corrected chi connectivity index (χ3v) is 6.01. The number of hydrogen-bond donors (Lipinski definition) is 2. The van der Waals surface area contributed by atoms with Crippen molar-refractivity contribution in [3.63, 3.8) is 0 Å². The molecule has 1 heterocycles. The zero-order valence-corrected chi connectivity index (χ0v) is 19.5. The van der Waals surface area contributed by atoms with Crippen molar-refractivity contribution in [3.8, 4) is 5.69 Å². The molecule has 5 nitrogen and oxygen atoms in total. The molecule has 0 spiro atoms. The second kappa shape index (κ2) is 10.7. The van der Waals surface area contributed by atoms with Crippen LogP contribution < -0.4 is 10.6 Å². The number of carbonyl (C=O) groups excluding carboxylic acids is 1. The van der Waals surface area contributed by atoms with E-state index in [1.807, 2.05) is 66.7 Å². The largest absolute Gasteiger partial charge is 0.338 e. The van der Waals surface area contributed by atoms with Crippen LogP contribution in [-0.4, -0.2) is 22.1 Å². The number of hydrogen-bond acceptors (Lipinski definition) is 2. The summed E-state index contributed by atoms with van der Waals surface area (Å²) in [5.41, 5.74) is 6.36. The van der Waals surface area contributed by atoms with E-state index < -0.39 is 0 Å². The van der Waals surface area contributed by atoms with Crippen LogP contribution in [0.25, 0.3) is 16.7 Å². The lowest BCUT2D eigenvalue weighted by Gasteiger charge is -2.11. The van der Waals surface area contributed by atoms with Crippen molar-refractivity contribution in [2.24, 2.45) is 0 Å². The van der Waals surface area contributed by atoms with Gasteiger partial charge in [0, 0.05) is 24.3 Å². The first kappa shape index (κ1) is 22.4. The fourth-order valence-corrected chi connectivity index (χ4v) is 4.31. The van der Waals surface area contributed by atoms with E-state index in [0.29, 0.717) is 6.54 Å². The molecule has 0 radical (unpaired) electrons. The standard InChI is InChI=1S/C30H28N4O/c35-30(31-21-20-23-10-3-1-4-11-23)32-25-13-9-12-24(22-25)18-19-29-33-27-16-7-8-17-28(27)34(29)26-14-5-2-6-15-26/h1-17,22H,18-21H2,(H2,31,32,35). The van der Waals surface area contributed by atoms with Crippen molar-refractivity contribution in [2.45, 2.75) is 19.3 Å². The predicted molar refractivity (Wildman–Crippen MR) is 142 cm³/mol. The Kier molecular flexibility index (Phi) is 6.85. The summed E-state index contributed by atoms with van der Waals surface area (Å²) in [6, 6.07) is 36.6. The molecule has 2 amide bonds. The van der Waals surface area contributed by atoms with Crippen LogP contribution in [0.5, 0.6) is 0 Å². The van der Waals surface area contributed by atoms with E-state index in [0.717, 1.165) is 53.1 Å². The number of amides is 2. The van der Waals surface area contributed by atoms with Crippen molar-refractivity contribution in [2.75, 3.05) is 11.9 Å². The van der Waals surface area contributed by atoms with Gasteiger partial charge in [0.1, 0.15) is 5.82 Å². The zero-order chi connectivity index (χ0) is 23.9. The average molecular weight is 461 g/mol. The number of para-hydroxylation sites is 3. The molecule has 0 saturated carbocycles. The van der Waals surface area contributed by atoms with Gasteiger partial charge in [-0.15, -0.1) is 0 Å². The lowest BCUT2D eigenvalue weighted by atomic mass is 10.1. The summed E-state index contributed by atoms with van der Waals surface area (Å²) in [6.07, 6.45) is 2.41. The first-order chi connectivity index (χ1) is 17.3. The van der Waals surface area contributed by atoms with Gasteiger partial charge in [-0.25, -0.2) is 9.78 Å². The Morgan fingerprint density at radius 2 is 1.43 bits per heavy atom. The van der Waals surface area contributed by atoms with E-state index in [1.165, 1.54) is 5.56 Å². The number of imidazole rings is 1. The fraction of sp³-hybridized carbons (Fsp3) is 0.133. The molecule has 5 aromatic rings. The van der Waals surface area contributed by atoms with Gasteiger partial charge >= 0.3 is 6.03 Å². The van der Waals surface area contributed by atoms with Crippen LogP contribution in [-0.2, 0) is 19.3 Å². The monoisotopic (exact) mass is 460 g/mol. The first-order valence-corrected chi connectivity index (χ1v) is 12.0. The highest BCUT2D eigenvalue weighted by Crippen LogP contribution is 2.23. The normalized spacial score (nSPS) is 10.9. The van der Waals surface area contributed by atoms with Crippen LogP contribution in [0.1, 0.15) is 17.0 Å². The van der Waals surface area contributed by atoms with E-state index >= 15 is 0 Å². The Hall–Kier alpha value is -4.38. The smallest absolute Gasteiger partial charge is 0.319 e. The van der Waals surface area contributed by atoms with E-state index in [-0.39, 0.29) is 6.03 Å². The molecule has 0 aliphatic heterocycles. The number of benzene rings is 4. The number of rotatable bonds is 8. The van der Waals surface area contributed by atoms with E-state index in [9.17, 15) is 4.79 Å². The number of nitrogens with one attached hydrogen (secondary N) is 2. The molecule has 0 bridgehead atoms. The maximum absolute atomic E-state index is 12.4. The number of nitrogens with zero attached hydrogens (tertiary/aromatic N) is 2. The van der Waals surface area contributed by atoms with Crippen molar-refractivity contribution >= 4 is 22.8 Å². The highest BCUT2D eigenvalue weighted by atomic mass is 16.2. The molecule has 2 N–H and O–H groups in total. The summed E-state index contributed by atoms with van der Waals surface area (Å²) >= 11 is 0. The summed E-state index contributed by atoms with van der Waals surface area (Å²) in [6.45, 7) is 0.589. The molecule has 0 aliphatic rings. The first-order valence-electron chi connectivity index (χ1n) is 12.0. The molecule has 174 valence electrons. The van der Waals surface area contributed by atoms with Gasteiger partial charge in [0.2, 0.25) is 0 Å². The summed E-state index contributed by atoms with van der Waals surface area (Å²) in [5, 5.41) is 5.89. The van der Waals surface area contributed by atoms with Crippen LogP contribution in [0.2, 0.25) is 0 Å². The van der Waals surface area contributed by atoms with Crippen molar-refractivity contribution in [3.05, 3.63) is 126 Å². The number of urea groups is 1. The second-order valence-electron chi connectivity index (χ2n) is 8.50. The third-order valence-electron chi connectivity index (χ3n) is 6.01. The van der Waals surface area contributed by atoms with Gasteiger partial charge in [-0.05, 0) is 60.4 Å². The zero-order valence-electron chi connectivity index (χ0n) is 19.5. The topological polar surface area (TPSA) is 59.0 Å². The van der Waals surface area contributed by atoms with Crippen LogP contribution >= 0.6 is 0 Å². The van der Waals surface area contributed by atoms with Crippen LogP contribution in [0.3, 0.4) is 0 Å². The van der Waals surface area contributed by atoms with Crippen molar-refractivity contribution in [1.82, 2.24) is 14.9 Å². The Bertz CT molecular complexity index is 1410. The minimum atomic E-state index is -0.191. The Morgan fingerprint density at radius 3 is 2.26 bits per heavy atom. The molecular weight excluding hydrogens is 432 g/mol. The van der Waals surface area contributed by atoms with Gasteiger partial charge in [-0.2, -0.15) is 0 Å². The van der Waals surface area contributed by atoms with Crippen LogP contribution in [0.4, 0.5) is 10.5 Å². The van der Waals surface area contributed by atoms with Crippen LogP contribution in [0.15, 0.2) is 109 Å². The summed E-state index contributed by atoms with van der Waals surface area (Å²) in [5.74, 6) is 1.02. The van der Waals surface area contributed by atoms with E-state index in [2.05, 4.69) is 57.7 Å². The van der Waals surface area contributed by atoms with Crippen molar-refractivity contribution < 1.29 is 4.79 Å². The van der Waals surface area contributed by atoms with Gasteiger partial charge in [0.25, 0.3) is 0 Å². The maximum atomic E-state index is 12.4. The van der Waals surface area contributed by atoms with Crippen LogP contribution in [0, 0.1) is 0 Å². The Labute approximate surface area is 205 Å². The summed E-state index contributed by atoms with van der Waals surface area (Å²) in [4.78, 5) is 17.3. The number of aromatic nitrogens is 2. The minimum Gasteiger partial charge on any atom is -0.338 e. The van der Waals surface area contributed by atoms with Gasteiger partial charge < -0.3 is 10.6 Å². The fourth-order valence-electron chi connectivity index (χ4n) is 4.31. The second-order valence-corrected chi connectivity index (χ2v) is 8.50. The lowest BCUT2D eigenvalue weighted by Crippen LogP contribution is -2.30. The molecule has 4 aromatic carbocycles. The number of anilines is 1. The highest BCUT2D eigenvalue weighted by molar-refractivity contribution is 5.89. The molecule has 0 atom stereocenters. The molecule has 5 rings (SSSR count). The van der Waals surface area contributed by atoms with Gasteiger partial charge in [-0.1, -0.05) is 72.8 Å². The highest BCUT2D eigenvalue weighted by Gasteiger charge is 2.12. The molecule has 5 heteroatoms. The summed E-state index contributed by atoms with van der Waals surface area (Å²) < 4.78 is 2.23. The Morgan fingerprint density at radius 1 is 0.714 bits per heavy atom. The molecule has 0 fully saturated rings. The molecule has 1 aromatic heterocycles. The molecule has 0 aliphatic carbocycles. The average Bonchev–Trinajstić information content (AvgIpc) is 3.27. The van der Waals surface area contributed by atoms with Crippen molar-refractivity contribution in [1.29, 1.82) is 0 Å². The number of carbonyl (C=O) groups is 1. The number of aryl methyl sites for hydroxylation is 2. The molecule has 0 saturated heterocycles. The predicted octanol–water partition coefficient (Wildman–Crippen LogP) is 6.17. The number of fused-ring (bicyclic) bond motifs is 1. The maximum Gasteiger partial charge on any atom is 0.319 e. The molecular formula is C30H28N4O. The van der Waals surface area contributed by atoms with Gasteiger partial charge in [0.15, 0.2) is 0 Å². The third kappa shape index (κ3) is 5.58. The summed E-state index contributed by atoms with van der Waals surface area (Å²) in [7, 11) is 0. The SMILES string of the molecule is O=C(NCCc1ccccc1)Nc1cccc(CCc2nc3ccccc3n2-c2ccccc2)c1. The van der Waals surface area contributed by atoms with Gasteiger partial charge in [0.05, 0.1) is 11.0 Å². The lowest BCUT2D eigenvalue weighted by molar-refractivity contribution is 0.252. The molecule has 0 unspecified atom stereocenters. The van der Waals surface area contributed by atoms with E-state index in [4.69, 9.17) is 4.98 Å². The quantitative estimate of drug-likeness (QED) is 0.291. The van der Waals surface area contributed by atoms with Gasteiger partial charge in [-0.3, -0.25) is 4.57 Å².